The van der Waals surface area contributed by atoms with Crippen molar-refractivity contribution in [3.63, 3.8) is 0 Å². The standard InChI is InChI=1S/C18H22FN2OS/c1-18(2,3)15-13(19)4-5-14-16(15)20-17(23-14)21-10-6-11(21)8-22-9-12(21)7-10/h4-5,10-12H,6-9H2,1-3H3/q+1/t10?,11-,12+,21?. The predicted molar refractivity (Wildman–Crippen MR) is 91.5 cm³/mol. The molecule has 0 saturated carbocycles. The van der Waals surface area contributed by atoms with Gasteiger partial charge in [0.2, 0.25) is 0 Å². The molecule has 0 radical (unpaired) electrons. The largest absolute Gasteiger partial charge is 0.369 e. The normalized spacial score (nSPS) is 35.6. The molecule has 3 aliphatic rings. The summed E-state index contributed by atoms with van der Waals surface area (Å²) in [5, 5.41) is 1.19. The van der Waals surface area contributed by atoms with Crippen molar-refractivity contribution in [1.82, 2.24) is 9.47 Å². The smallest absolute Gasteiger partial charge is 0.288 e. The molecule has 5 rings (SSSR count). The zero-order chi connectivity index (χ0) is 16.0. The van der Waals surface area contributed by atoms with Crippen LogP contribution in [0.15, 0.2) is 12.1 Å². The van der Waals surface area contributed by atoms with Gasteiger partial charge in [-0.1, -0.05) is 32.1 Å². The first-order valence-electron chi connectivity index (χ1n) is 8.48. The average molecular weight is 333 g/mol. The van der Waals surface area contributed by atoms with Crippen LogP contribution in [0, 0.1) is 5.82 Å². The fraction of sp³-hybridized carbons (Fsp3) is 0.611. The molecule has 4 heterocycles. The number of thiazole rings is 1. The van der Waals surface area contributed by atoms with E-state index in [0.717, 1.165) is 39.5 Å². The van der Waals surface area contributed by atoms with E-state index in [1.54, 1.807) is 17.4 Å². The molecule has 1 aromatic heterocycles. The van der Waals surface area contributed by atoms with E-state index >= 15 is 0 Å². The van der Waals surface area contributed by atoms with Crippen LogP contribution in [0.5, 0.6) is 0 Å². The molecule has 0 bridgehead atoms. The minimum absolute atomic E-state index is 0.130. The highest BCUT2D eigenvalue weighted by Gasteiger charge is 2.72. The highest BCUT2D eigenvalue weighted by molar-refractivity contribution is 7.22. The van der Waals surface area contributed by atoms with Gasteiger partial charge in [0, 0.05) is 5.56 Å². The van der Waals surface area contributed by atoms with Crippen LogP contribution in [-0.2, 0) is 10.2 Å². The number of nitrogens with zero attached hydrogens (tertiary/aromatic N) is 2. The first-order valence-corrected chi connectivity index (χ1v) is 9.30. The Kier molecular flexibility index (Phi) is 2.69. The van der Waals surface area contributed by atoms with E-state index in [-0.39, 0.29) is 11.2 Å². The molecule has 3 nitrogen and oxygen atoms in total. The molecule has 2 unspecified atom stereocenters. The van der Waals surface area contributed by atoms with Crippen LogP contribution in [0.4, 0.5) is 9.52 Å². The summed E-state index contributed by atoms with van der Waals surface area (Å²) in [6.45, 7) is 7.89. The molecule has 0 amide bonds. The number of aromatic nitrogens is 1. The van der Waals surface area contributed by atoms with Crippen LogP contribution < -0.4 is 4.48 Å². The Morgan fingerprint density at radius 2 is 1.87 bits per heavy atom. The second-order valence-corrected chi connectivity index (χ2v) is 9.33. The molecule has 0 N–H and O–H groups in total. The number of quaternary nitrogens is 1. The molecular weight excluding hydrogens is 311 g/mol. The predicted octanol–water partition coefficient (Wildman–Crippen LogP) is 3.98. The van der Waals surface area contributed by atoms with Crippen molar-refractivity contribution in [2.75, 3.05) is 13.2 Å². The Balaban J connectivity index is 1.70. The molecule has 23 heavy (non-hydrogen) atoms. The van der Waals surface area contributed by atoms with Gasteiger partial charge < -0.3 is 4.74 Å². The maximum Gasteiger partial charge on any atom is 0.288 e. The highest BCUT2D eigenvalue weighted by Crippen LogP contribution is 2.57. The summed E-state index contributed by atoms with van der Waals surface area (Å²) in [6.07, 6.45) is 2.51. The maximum atomic E-state index is 14.5. The van der Waals surface area contributed by atoms with Crippen molar-refractivity contribution in [2.45, 2.75) is 57.2 Å². The molecule has 5 heteroatoms. The zero-order valence-electron chi connectivity index (χ0n) is 13.8. The third kappa shape index (κ3) is 1.63. The van der Waals surface area contributed by atoms with Gasteiger partial charge in [-0.05, 0) is 17.5 Å². The quantitative estimate of drug-likeness (QED) is 0.736. The van der Waals surface area contributed by atoms with Crippen LogP contribution >= 0.6 is 11.3 Å². The minimum atomic E-state index is -0.239. The topological polar surface area (TPSA) is 22.1 Å². The lowest BCUT2D eigenvalue weighted by Crippen LogP contribution is -2.88. The number of hydrogen-bond acceptors (Lipinski definition) is 3. The molecule has 3 saturated heterocycles. The summed E-state index contributed by atoms with van der Waals surface area (Å²) in [5.74, 6) is -0.130. The van der Waals surface area contributed by atoms with E-state index in [1.165, 1.54) is 18.0 Å². The Bertz CT molecular complexity index is 791. The second kappa shape index (κ2) is 4.32. The van der Waals surface area contributed by atoms with Gasteiger partial charge >= 0.3 is 0 Å². The average Bonchev–Trinajstić information content (AvgIpc) is 2.81. The summed E-state index contributed by atoms with van der Waals surface area (Å²) in [7, 11) is 0. The lowest BCUT2D eigenvalue weighted by atomic mass is 9.71. The first kappa shape index (κ1) is 14.3. The monoisotopic (exact) mass is 333 g/mol. The summed E-state index contributed by atoms with van der Waals surface area (Å²) < 4.78 is 22.4. The third-order valence-electron chi connectivity index (χ3n) is 6.10. The summed E-state index contributed by atoms with van der Waals surface area (Å²) in [6, 6.07) is 5.36. The molecule has 3 aliphatic heterocycles. The first-order chi connectivity index (χ1) is 10.9. The Hall–Kier alpha value is -1.04. The number of halogens is 1. The third-order valence-corrected chi connectivity index (χ3v) is 7.24. The van der Waals surface area contributed by atoms with E-state index in [1.807, 2.05) is 6.07 Å². The highest BCUT2D eigenvalue weighted by atomic mass is 32.1. The van der Waals surface area contributed by atoms with E-state index in [4.69, 9.17) is 9.72 Å². The van der Waals surface area contributed by atoms with Gasteiger partial charge in [0.05, 0.1) is 36.3 Å². The van der Waals surface area contributed by atoms with Gasteiger partial charge in [0.25, 0.3) is 5.13 Å². The molecule has 2 aromatic rings. The van der Waals surface area contributed by atoms with Crippen LogP contribution in [0.1, 0.15) is 39.2 Å². The van der Waals surface area contributed by atoms with Gasteiger partial charge in [0.15, 0.2) is 0 Å². The van der Waals surface area contributed by atoms with Gasteiger partial charge in [-0.2, -0.15) is 4.98 Å². The molecule has 0 aliphatic carbocycles. The Labute approximate surface area is 139 Å². The number of benzene rings is 1. The minimum Gasteiger partial charge on any atom is -0.369 e. The van der Waals surface area contributed by atoms with E-state index in [9.17, 15) is 4.39 Å². The Morgan fingerprint density at radius 1 is 1.17 bits per heavy atom. The lowest BCUT2D eigenvalue weighted by Gasteiger charge is -2.69. The number of ether oxygens (including phenoxy) is 1. The van der Waals surface area contributed by atoms with Gasteiger partial charge in [-0.15, -0.1) is 0 Å². The van der Waals surface area contributed by atoms with Crippen molar-refractivity contribution < 1.29 is 9.13 Å². The van der Waals surface area contributed by atoms with Gasteiger partial charge in [-0.25, -0.2) is 4.39 Å². The number of hydrogen-bond donors (Lipinski definition) is 0. The number of piperidine rings is 1. The summed E-state index contributed by atoms with van der Waals surface area (Å²) >= 11 is 1.77. The van der Waals surface area contributed by atoms with Crippen molar-refractivity contribution in [3.8, 4) is 0 Å². The van der Waals surface area contributed by atoms with Crippen molar-refractivity contribution in [2.24, 2.45) is 0 Å². The van der Waals surface area contributed by atoms with Gasteiger partial charge in [0.1, 0.15) is 23.9 Å². The van der Waals surface area contributed by atoms with Crippen molar-refractivity contribution in [3.05, 3.63) is 23.5 Å². The van der Waals surface area contributed by atoms with Crippen LogP contribution in [0.2, 0.25) is 0 Å². The molecule has 0 spiro atoms. The number of fused-ring (bicyclic) bond motifs is 1. The van der Waals surface area contributed by atoms with Crippen LogP contribution in [0.25, 0.3) is 10.2 Å². The van der Waals surface area contributed by atoms with E-state index < -0.39 is 0 Å². The fourth-order valence-corrected chi connectivity index (χ4v) is 6.39. The number of morpholine rings is 1. The SMILES string of the molecule is CC(C)(C)c1c(F)ccc2sc([N+]34C5C[C@H]3COC[C@H]4C5)nc12. The molecule has 122 valence electrons. The summed E-state index contributed by atoms with van der Waals surface area (Å²) in [5.41, 5.74) is 1.40. The molecular formula is C18H22FN2OS+. The second-order valence-electron chi connectivity index (χ2n) is 8.32. The van der Waals surface area contributed by atoms with Crippen LogP contribution in [-0.4, -0.2) is 36.3 Å². The van der Waals surface area contributed by atoms with E-state index in [0.29, 0.717) is 12.1 Å². The van der Waals surface area contributed by atoms with Crippen molar-refractivity contribution in [1.29, 1.82) is 0 Å². The molecule has 1 aromatic carbocycles. The molecule has 4 atom stereocenters. The maximum absolute atomic E-state index is 14.5. The van der Waals surface area contributed by atoms with Crippen molar-refractivity contribution >= 4 is 26.7 Å². The number of rotatable bonds is 1. The lowest BCUT2D eigenvalue weighted by molar-refractivity contribution is -0.191. The molecule has 3 fully saturated rings. The van der Waals surface area contributed by atoms with E-state index in [2.05, 4.69) is 20.8 Å². The fourth-order valence-electron chi connectivity index (χ4n) is 5.07. The zero-order valence-corrected chi connectivity index (χ0v) is 14.6. The summed E-state index contributed by atoms with van der Waals surface area (Å²) in [4.78, 5) is 5.01. The Morgan fingerprint density at radius 3 is 2.48 bits per heavy atom. The van der Waals surface area contributed by atoms with Gasteiger partial charge in [-0.3, -0.25) is 4.48 Å². The van der Waals surface area contributed by atoms with Crippen LogP contribution in [0.3, 0.4) is 0 Å².